The summed E-state index contributed by atoms with van der Waals surface area (Å²) in [6.45, 7) is 0. The van der Waals surface area contributed by atoms with E-state index >= 15 is 0 Å². The lowest BCUT2D eigenvalue weighted by atomic mass is 9.87. The largest absolute Gasteiger partial charge is 0.430 e. The Morgan fingerprint density at radius 1 is 1.10 bits per heavy atom. The molecule has 0 fully saturated rings. The first kappa shape index (κ1) is 23.5. The number of fused-ring (bicyclic) bond motifs is 1. The van der Waals surface area contributed by atoms with Gasteiger partial charge in [0.05, 0.1) is 5.69 Å². The number of alkyl halides is 6. The lowest BCUT2D eigenvalue weighted by Gasteiger charge is -2.36. The molecule has 1 aromatic rings. The normalized spacial score (nSPS) is 22.4. The van der Waals surface area contributed by atoms with Crippen LogP contribution in [0.25, 0.3) is 6.08 Å². The molecule has 1 heterocycles. The van der Waals surface area contributed by atoms with Gasteiger partial charge in [-0.1, -0.05) is 36.4 Å². The zero-order valence-corrected chi connectivity index (χ0v) is 16.8. The molecule has 3 rings (SSSR count). The number of hydrogen-bond donors (Lipinski definition) is 1. The van der Waals surface area contributed by atoms with E-state index in [1.807, 2.05) is 0 Å². The monoisotopic (exact) mass is 468 g/mol. The van der Waals surface area contributed by atoms with Crippen LogP contribution in [-0.4, -0.2) is 53.9 Å². The third kappa shape index (κ3) is 3.92. The molecule has 2 aliphatic rings. The van der Waals surface area contributed by atoms with Gasteiger partial charge in [-0.15, -0.1) is 0 Å². The van der Waals surface area contributed by atoms with Crippen molar-refractivity contribution in [3.05, 3.63) is 59.5 Å². The summed E-state index contributed by atoms with van der Waals surface area (Å²) in [6, 6.07) is 2.30. The number of aromatic nitrogens is 1. The second kappa shape index (κ2) is 7.75. The van der Waals surface area contributed by atoms with E-state index in [0.29, 0.717) is 23.4 Å². The molecule has 0 saturated heterocycles. The molecular weight excluding hydrogens is 450 g/mol. The SMILES string of the molecule is CN(C1C=CC(C(O)(C(F)(F)F)C(F)(F)F)=CC1)S(=O)(=O)C1CC=Cc2cccnc21. The van der Waals surface area contributed by atoms with E-state index in [0.717, 1.165) is 10.4 Å². The molecule has 0 saturated carbocycles. The summed E-state index contributed by atoms with van der Waals surface area (Å²) in [6.07, 6.45) is -5.62. The summed E-state index contributed by atoms with van der Waals surface area (Å²) >= 11 is 0. The van der Waals surface area contributed by atoms with Crippen LogP contribution in [0.2, 0.25) is 0 Å². The van der Waals surface area contributed by atoms with Crippen LogP contribution in [0.3, 0.4) is 0 Å². The average Bonchev–Trinajstić information content (AvgIpc) is 2.70. The van der Waals surface area contributed by atoms with Gasteiger partial charge in [0.1, 0.15) is 5.25 Å². The van der Waals surface area contributed by atoms with Gasteiger partial charge in [-0.3, -0.25) is 4.98 Å². The Labute approximate surface area is 174 Å². The van der Waals surface area contributed by atoms with E-state index < -0.39 is 51.3 Å². The highest BCUT2D eigenvalue weighted by Crippen LogP contribution is 2.49. The third-order valence-corrected chi connectivity index (χ3v) is 7.58. The van der Waals surface area contributed by atoms with Gasteiger partial charge in [0.25, 0.3) is 5.60 Å². The van der Waals surface area contributed by atoms with Crippen LogP contribution in [0.4, 0.5) is 26.3 Å². The minimum Gasteiger partial charge on any atom is -0.370 e. The number of sulfonamides is 1. The quantitative estimate of drug-likeness (QED) is 0.681. The highest BCUT2D eigenvalue weighted by atomic mass is 32.2. The summed E-state index contributed by atoms with van der Waals surface area (Å²) in [5.41, 5.74) is -5.52. The lowest BCUT2D eigenvalue weighted by molar-refractivity contribution is -0.351. The molecule has 0 aromatic carbocycles. The molecule has 0 radical (unpaired) electrons. The van der Waals surface area contributed by atoms with Gasteiger partial charge in [0, 0.05) is 19.3 Å². The van der Waals surface area contributed by atoms with Gasteiger partial charge < -0.3 is 5.11 Å². The smallest absolute Gasteiger partial charge is 0.370 e. The fourth-order valence-corrected chi connectivity index (χ4v) is 5.33. The highest BCUT2D eigenvalue weighted by molar-refractivity contribution is 7.89. The second-order valence-corrected chi connectivity index (χ2v) is 9.37. The molecule has 2 aliphatic carbocycles. The zero-order chi connectivity index (χ0) is 23.2. The molecule has 31 heavy (non-hydrogen) atoms. The van der Waals surface area contributed by atoms with Crippen LogP contribution >= 0.6 is 0 Å². The number of pyridine rings is 1. The van der Waals surface area contributed by atoms with Crippen LogP contribution in [-0.2, 0) is 10.0 Å². The van der Waals surface area contributed by atoms with E-state index in [4.69, 9.17) is 0 Å². The molecule has 0 spiro atoms. The van der Waals surface area contributed by atoms with Crippen LogP contribution < -0.4 is 0 Å². The van der Waals surface area contributed by atoms with Crippen molar-refractivity contribution < 1.29 is 39.9 Å². The summed E-state index contributed by atoms with van der Waals surface area (Å²) in [7, 11) is -2.85. The number of allylic oxidation sites excluding steroid dienone is 1. The van der Waals surface area contributed by atoms with Crippen molar-refractivity contribution in [3.8, 4) is 0 Å². The van der Waals surface area contributed by atoms with E-state index in [2.05, 4.69) is 4.98 Å². The molecule has 5 nitrogen and oxygen atoms in total. The van der Waals surface area contributed by atoms with Crippen LogP contribution in [0, 0.1) is 0 Å². The van der Waals surface area contributed by atoms with Crippen LogP contribution in [0.15, 0.2) is 48.2 Å². The number of rotatable bonds is 4. The van der Waals surface area contributed by atoms with Crippen molar-refractivity contribution in [3.63, 3.8) is 0 Å². The van der Waals surface area contributed by atoms with Crippen molar-refractivity contribution in [1.82, 2.24) is 9.29 Å². The molecule has 1 aromatic heterocycles. The van der Waals surface area contributed by atoms with Crippen molar-refractivity contribution in [2.24, 2.45) is 0 Å². The highest BCUT2D eigenvalue weighted by Gasteiger charge is 2.72. The minimum atomic E-state index is -6.00. The van der Waals surface area contributed by atoms with Gasteiger partial charge in [-0.05, 0) is 30.0 Å². The molecule has 0 amide bonds. The lowest BCUT2D eigenvalue weighted by Crippen LogP contribution is -2.58. The van der Waals surface area contributed by atoms with Crippen molar-refractivity contribution in [2.75, 3.05) is 7.05 Å². The topological polar surface area (TPSA) is 70.5 Å². The van der Waals surface area contributed by atoms with E-state index in [1.54, 1.807) is 24.3 Å². The molecule has 0 aliphatic heterocycles. The average molecular weight is 468 g/mol. The molecule has 1 N–H and O–H groups in total. The van der Waals surface area contributed by atoms with E-state index in [9.17, 15) is 39.9 Å². The van der Waals surface area contributed by atoms with Gasteiger partial charge in [0.2, 0.25) is 10.0 Å². The summed E-state index contributed by atoms with van der Waals surface area (Å²) in [4.78, 5) is 4.12. The Balaban J connectivity index is 1.86. The Bertz CT molecular complexity index is 1030. The Hall–Kier alpha value is -2.18. The number of nitrogens with zero attached hydrogens (tertiary/aromatic N) is 2. The first-order chi connectivity index (χ1) is 14.2. The second-order valence-electron chi connectivity index (χ2n) is 7.19. The number of likely N-dealkylation sites (N-methyl/N-ethyl adjacent to an activating group) is 1. The summed E-state index contributed by atoms with van der Waals surface area (Å²) in [5.74, 6) is 0. The zero-order valence-electron chi connectivity index (χ0n) is 16.0. The van der Waals surface area contributed by atoms with Crippen molar-refractivity contribution in [2.45, 2.75) is 42.1 Å². The van der Waals surface area contributed by atoms with Gasteiger partial charge in [-0.2, -0.15) is 30.6 Å². The maximum Gasteiger partial charge on any atom is 0.430 e. The molecule has 170 valence electrons. The number of aliphatic hydroxyl groups is 1. The van der Waals surface area contributed by atoms with Crippen LogP contribution in [0.5, 0.6) is 0 Å². The van der Waals surface area contributed by atoms with Crippen LogP contribution in [0.1, 0.15) is 29.3 Å². The Morgan fingerprint density at radius 2 is 1.74 bits per heavy atom. The minimum absolute atomic E-state index is 0.121. The maximum absolute atomic E-state index is 13.1. The van der Waals surface area contributed by atoms with E-state index in [1.165, 1.54) is 13.2 Å². The Morgan fingerprint density at radius 3 is 2.29 bits per heavy atom. The predicted molar refractivity (Wildman–Crippen MR) is 100.0 cm³/mol. The van der Waals surface area contributed by atoms with Gasteiger partial charge in [-0.25, -0.2) is 8.42 Å². The third-order valence-electron chi connectivity index (χ3n) is 5.37. The fraction of sp³-hybridized carbons (Fsp3) is 0.421. The predicted octanol–water partition coefficient (Wildman–Crippen LogP) is 3.91. The number of halogens is 6. The van der Waals surface area contributed by atoms with Gasteiger partial charge in [0.15, 0.2) is 0 Å². The maximum atomic E-state index is 13.1. The van der Waals surface area contributed by atoms with Gasteiger partial charge >= 0.3 is 12.4 Å². The summed E-state index contributed by atoms with van der Waals surface area (Å²) in [5, 5.41) is 8.45. The standard InChI is InChI=1S/C19H18F6N2O3S/c1-27(31(29,30)15-6-2-4-12-5-3-11-26-16(12)15)14-9-7-13(8-10-14)17(28,18(20,21)22)19(23,24)25/h2-5,7-9,11,14-15,28H,6,10H2,1H3. The van der Waals surface area contributed by atoms with E-state index in [-0.39, 0.29) is 6.42 Å². The summed E-state index contributed by atoms with van der Waals surface area (Å²) < 4.78 is 105. The molecule has 2 atom stereocenters. The van der Waals surface area contributed by atoms with Crippen molar-refractivity contribution in [1.29, 1.82) is 0 Å². The number of hydrogen-bond acceptors (Lipinski definition) is 4. The molecule has 12 heteroatoms. The van der Waals surface area contributed by atoms with Crippen molar-refractivity contribution >= 4 is 16.1 Å². The Kier molecular flexibility index (Phi) is 5.87. The molecule has 2 unspecified atom stereocenters. The molecule has 0 bridgehead atoms. The fourth-order valence-electron chi connectivity index (χ4n) is 3.56. The first-order valence-electron chi connectivity index (χ1n) is 9.04. The molecular formula is C19H18F6N2O3S. The first-order valence-corrected chi connectivity index (χ1v) is 10.5.